The summed E-state index contributed by atoms with van der Waals surface area (Å²) in [4.78, 5) is 12.5. The monoisotopic (exact) mass is 301 g/mol. The third kappa shape index (κ3) is 3.03. The summed E-state index contributed by atoms with van der Waals surface area (Å²) in [6.45, 7) is 4.57. The van der Waals surface area contributed by atoms with Crippen LogP contribution in [0.25, 0.3) is 0 Å². The lowest BCUT2D eigenvalue weighted by Gasteiger charge is -2.19. The first-order valence-electron chi connectivity index (χ1n) is 7.17. The lowest BCUT2D eigenvalue weighted by atomic mass is 9.90. The zero-order valence-electron chi connectivity index (χ0n) is 12.1. The van der Waals surface area contributed by atoms with Gasteiger partial charge in [-0.15, -0.1) is 0 Å². The van der Waals surface area contributed by atoms with Gasteiger partial charge in [0, 0.05) is 0 Å². The van der Waals surface area contributed by atoms with Gasteiger partial charge in [0.05, 0.1) is 29.2 Å². The normalized spacial score (nSPS) is 29.3. The molecule has 2 heterocycles. The average Bonchev–Trinajstić information content (AvgIpc) is 2.87. The quantitative estimate of drug-likeness (QED) is 0.794. The Hall–Kier alpha value is -0.950. The Morgan fingerprint density at radius 1 is 1.45 bits per heavy atom. The molecule has 20 heavy (non-hydrogen) atoms. The van der Waals surface area contributed by atoms with E-state index in [0.29, 0.717) is 19.4 Å². The van der Waals surface area contributed by atoms with Crippen molar-refractivity contribution in [2.24, 2.45) is 22.7 Å². The standard InChI is InChI=1S/C13H23N3O3S/c1-9(2)12-11(4-3-6-14)13(17)16(15-12)10-5-7-20(18,19)8-10/h9-11H,3-8,14H2,1-2H3. The van der Waals surface area contributed by atoms with Crippen LogP contribution in [0.3, 0.4) is 0 Å². The first-order chi connectivity index (χ1) is 9.35. The van der Waals surface area contributed by atoms with E-state index in [9.17, 15) is 13.2 Å². The minimum Gasteiger partial charge on any atom is -0.330 e. The molecule has 114 valence electrons. The summed E-state index contributed by atoms with van der Waals surface area (Å²) in [5.74, 6) is 0.106. The van der Waals surface area contributed by atoms with Crippen LogP contribution in [0, 0.1) is 11.8 Å². The van der Waals surface area contributed by atoms with Crippen molar-refractivity contribution in [3.05, 3.63) is 0 Å². The third-order valence-electron chi connectivity index (χ3n) is 3.95. The van der Waals surface area contributed by atoms with Crippen LogP contribution in [-0.2, 0) is 14.6 Å². The van der Waals surface area contributed by atoms with Crippen molar-refractivity contribution in [2.75, 3.05) is 18.1 Å². The fourth-order valence-corrected chi connectivity index (χ4v) is 4.56. The average molecular weight is 301 g/mol. The molecule has 2 unspecified atom stereocenters. The summed E-state index contributed by atoms with van der Waals surface area (Å²) < 4.78 is 23.1. The molecule has 2 N–H and O–H groups in total. The predicted octanol–water partition coefficient (Wildman–Crippen LogP) is 0.383. The molecule has 0 spiro atoms. The molecule has 0 aliphatic carbocycles. The first-order valence-corrected chi connectivity index (χ1v) is 9.00. The number of hydrogen-bond donors (Lipinski definition) is 1. The topological polar surface area (TPSA) is 92.8 Å². The fourth-order valence-electron chi connectivity index (χ4n) is 2.87. The minimum atomic E-state index is -3.01. The zero-order valence-corrected chi connectivity index (χ0v) is 12.9. The summed E-state index contributed by atoms with van der Waals surface area (Å²) in [5, 5.41) is 5.88. The van der Waals surface area contributed by atoms with Crippen LogP contribution in [0.2, 0.25) is 0 Å². The first kappa shape index (κ1) is 15.4. The fraction of sp³-hybridized carbons (Fsp3) is 0.846. The largest absolute Gasteiger partial charge is 0.330 e. The number of amides is 1. The highest BCUT2D eigenvalue weighted by atomic mass is 32.2. The second kappa shape index (κ2) is 5.81. The Labute approximate surface area is 120 Å². The van der Waals surface area contributed by atoms with Crippen LogP contribution in [0.5, 0.6) is 0 Å². The molecular formula is C13H23N3O3S. The Kier molecular flexibility index (Phi) is 4.49. The van der Waals surface area contributed by atoms with Crippen molar-refractivity contribution < 1.29 is 13.2 Å². The van der Waals surface area contributed by atoms with Crippen LogP contribution in [0.4, 0.5) is 0 Å². The molecule has 7 heteroatoms. The number of hydrazone groups is 1. The van der Waals surface area contributed by atoms with Crippen LogP contribution in [-0.4, -0.2) is 49.1 Å². The van der Waals surface area contributed by atoms with Crippen molar-refractivity contribution >= 4 is 21.5 Å². The zero-order chi connectivity index (χ0) is 14.9. The number of nitrogens with two attached hydrogens (primary N) is 1. The molecule has 2 rings (SSSR count). The van der Waals surface area contributed by atoms with Gasteiger partial charge in [0.2, 0.25) is 0 Å². The predicted molar refractivity (Wildman–Crippen MR) is 78.0 cm³/mol. The van der Waals surface area contributed by atoms with E-state index in [1.165, 1.54) is 5.01 Å². The lowest BCUT2D eigenvalue weighted by Crippen LogP contribution is -2.37. The molecule has 2 aliphatic rings. The second-order valence-electron chi connectivity index (χ2n) is 5.90. The van der Waals surface area contributed by atoms with Gasteiger partial charge in [0.1, 0.15) is 0 Å². The highest BCUT2D eigenvalue weighted by Crippen LogP contribution is 2.29. The van der Waals surface area contributed by atoms with E-state index in [-0.39, 0.29) is 35.3 Å². The van der Waals surface area contributed by atoms with E-state index in [4.69, 9.17) is 5.73 Å². The van der Waals surface area contributed by atoms with Crippen LogP contribution < -0.4 is 5.73 Å². The molecular weight excluding hydrogens is 278 g/mol. The van der Waals surface area contributed by atoms with Gasteiger partial charge < -0.3 is 5.73 Å². The van der Waals surface area contributed by atoms with E-state index < -0.39 is 9.84 Å². The lowest BCUT2D eigenvalue weighted by molar-refractivity contribution is -0.133. The highest BCUT2D eigenvalue weighted by Gasteiger charge is 2.43. The van der Waals surface area contributed by atoms with E-state index in [1.807, 2.05) is 13.8 Å². The molecule has 0 aromatic rings. The molecule has 1 fully saturated rings. The Morgan fingerprint density at radius 2 is 2.15 bits per heavy atom. The van der Waals surface area contributed by atoms with Crippen LogP contribution in [0.15, 0.2) is 5.10 Å². The second-order valence-corrected chi connectivity index (χ2v) is 8.13. The smallest absolute Gasteiger partial charge is 0.251 e. The van der Waals surface area contributed by atoms with Crippen molar-refractivity contribution in [1.29, 1.82) is 0 Å². The van der Waals surface area contributed by atoms with E-state index >= 15 is 0 Å². The number of carbonyl (C=O) groups excluding carboxylic acids is 1. The van der Waals surface area contributed by atoms with Crippen molar-refractivity contribution in [2.45, 2.75) is 39.2 Å². The van der Waals surface area contributed by atoms with Gasteiger partial charge >= 0.3 is 0 Å². The van der Waals surface area contributed by atoms with E-state index in [1.54, 1.807) is 0 Å². The van der Waals surface area contributed by atoms with E-state index in [0.717, 1.165) is 12.1 Å². The number of nitrogens with zero attached hydrogens (tertiary/aromatic N) is 2. The van der Waals surface area contributed by atoms with Gasteiger partial charge in [-0.05, 0) is 31.7 Å². The third-order valence-corrected chi connectivity index (χ3v) is 5.70. The summed E-state index contributed by atoms with van der Waals surface area (Å²) in [5.41, 5.74) is 6.39. The SMILES string of the molecule is CC(C)C1=NN(C2CCS(=O)(=O)C2)C(=O)C1CCCN. The Bertz CT molecular complexity index is 513. The molecule has 0 radical (unpaired) electrons. The Morgan fingerprint density at radius 3 is 2.65 bits per heavy atom. The molecule has 0 aromatic carbocycles. The van der Waals surface area contributed by atoms with Crippen molar-refractivity contribution in [3.8, 4) is 0 Å². The van der Waals surface area contributed by atoms with Crippen LogP contribution >= 0.6 is 0 Å². The molecule has 1 amide bonds. The van der Waals surface area contributed by atoms with Crippen molar-refractivity contribution in [1.82, 2.24) is 5.01 Å². The molecule has 2 aliphatic heterocycles. The van der Waals surface area contributed by atoms with Crippen LogP contribution in [0.1, 0.15) is 33.1 Å². The molecule has 1 saturated heterocycles. The van der Waals surface area contributed by atoms with Gasteiger partial charge in [-0.1, -0.05) is 13.8 Å². The number of carbonyl (C=O) groups is 1. The number of rotatable bonds is 5. The number of sulfone groups is 1. The summed E-state index contributed by atoms with van der Waals surface area (Å²) in [6.07, 6.45) is 1.97. The van der Waals surface area contributed by atoms with Crippen molar-refractivity contribution in [3.63, 3.8) is 0 Å². The van der Waals surface area contributed by atoms with Gasteiger partial charge in [0.15, 0.2) is 9.84 Å². The molecule has 0 bridgehead atoms. The molecule has 0 saturated carbocycles. The summed E-state index contributed by atoms with van der Waals surface area (Å²) >= 11 is 0. The van der Waals surface area contributed by atoms with Gasteiger partial charge in [-0.25, -0.2) is 13.4 Å². The van der Waals surface area contributed by atoms with E-state index in [2.05, 4.69) is 5.10 Å². The molecule has 0 aromatic heterocycles. The molecule has 2 atom stereocenters. The highest BCUT2D eigenvalue weighted by molar-refractivity contribution is 7.91. The molecule has 6 nitrogen and oxygen atoms in total. The number of hydrogen-bond acceptors (Lipinski definition) is 5. The minimum absolute atomic E-state index is 0.0389. The van der Waals surface area contributed by atoms with Gasteiger partial charge in [-0.2, -0.15) is 5.10 Å². The van der Waals surface area contributed by atoms with Gasteiger partial charge in [0.25, 0.3) is 5.91 Å². The summed E-state index contributed by atoms with van der Waals surface area (Å²) in [6, 6.07) is -0.288. The maximum absolute atomic E-state index is 12.5. The van der Waals surface area contributed by atoms with Gasteiger partial charge in [-0.3, -0.25) is 4.79 Å². The maximum Gasteiger partial charge on any atom is 0.251 e. The summed E-state index contributed by atoms with van der Waals surface area (Å²) in [7, 11) is -3.01. The Balaban J connectivity index is 2.17. The maximum atomic E-state index is 12.5.